The van der Waals surface area contributed by atoms with E-state index >= 15 is 0 Å². The second-order valence-corrected chi connectivity index (χ2v) is 6.85. The van der Waals surface area contributed by atoms with Gasteiger partial charge in [0.2, 0.25) is 0 Å². The lowest BCUT2D eigenvalue weighted by atomic mass is 10.3. The van der Waals surface area contributed by atoms with Gasteiger partial charge in [-0.05, 0) is 26.2 Å². The number of nitrogens with one attached hydrogen (secondary N) is 2. The minimum Gasteiger partial charge on any atom is -0.390 e. The third kappa shape index (κ3) is 6.62. The zero-order valence-corrected chi connectivity index (χ0v) is 15.2. The number of urea groups is 1. The number of nitrogens with zero attached hydrogens (tertiary/aromatic N) is 3. The van der Waals surface area contributed by atoms with Gasteiger partial charge in [-0.1, -0.05) is 23.9 Å². The molecule has 0 aliphatic rings. The van der Waals surface area contributed by atoms with Crippen molar-refractivity contribution in [2.24, 2.45) is 0 Å². The molecule has 10 heteroatoms. The molecule has 142 valence electrons. The fraction of sp³-hybridized carbons (Fsp3) is 0.375. The first-order valence-electron chi connectivity index (χ1n) is 7.80. The number of para-hydroxylation sites is 1. The molecule has 0 bridgehead atoms. The van der Waals surface area contributed by atoms with Crippen LogP contribution in [-0.4, -0.2) is 58.3 Å². The summed E-state index contributed by atoms with van der Waals surface area (Å²) in [7, 11) is 3.71. The van der Waals surface area contributed by atoms with Crippen LogP contribution in [-0.2, 0) is 6.54 Å². The molecule has 0 aliphatic carbocycles. The van der Waals surface area contributed by atoms with E-state index in [0.29, 0.717) is 29.7 Å². The Balaban J connectivity index is 1.93. The van der Waals surface area contributed by atoms with E-state index in [1.54, 1.807) is 24.4 Å². The number of halogens is 2. The van der Waals surface area contributed by atoms with E-state index in [2.05, 4.69) is 15.7 Å². The van der Waals surface area contributed by atoms with Crippen LogP contribution in [0, 0.1) is 0 Å². The zero-order chi connectivity index (χ0) is 19.1. The van der Waals surface area contributed by atoms with Crippen LogP contribution < -0.4 is 10.6 Å². The number of alkyl halides is 2. The number of aromatic nitrogens is 2. The first kappa shape index (κ1) is 20.1. The maximum absolute atomic E-state index is 12.6. The number of thioether (sulfide) groups is 1. The van der Waals surface area contributed by atoms with E-state index in [4.69, 9.17) is 0 Å². The monoisotopic (exact) mass is 385 g/mol. The van der Waals surface area contributed by atoms with Crippen molar-refractivity contribution < 1.29 is 18.7 Å². The van der Waals surface area contributed by atoms with Crippen molar-refractivity contribution in [3.8, 4) is 0 Å². The van der Waals surface area contributed by atoms with Crippen molar-refractivity contribution in [2.45, 2.75) is 23.3 Å². The molecule has 2 rings (SSSR count). The second kappa shape index (κ2) is 9.51. The molecule has 0 saturated heterocycles. The first-order chi connectivity index (χ1) is 12.3. The molecule has 1 atom stereocenters. The molecule has 2 amide bonds. The summed E-state index contributed by atoms with van der Waals surface area (Å²) < 4.78 is 26.7. The predicted octanol–water partition coefficient (Wildman–Crippen LogP) is 2.76. The Morgan fingerprint density at radius 2 is 2.08 bits per heavy atom. The van der Waals surface area contributed by atoms with Crippen molar-refractivity contribution in [2.75, 3.05) is 31.3 Å². The van der Waals surface area contributed by atoms with Gasteiger partial charge in [0.25, 0.3) is 5.76 Å². The summed E-state index contributed by atoms with van der Waals surface area (Å²) >= 11 is 0.365. The minimum absolute atomic E-state index is 0.278. The Morgan fingerprint density at radius 1 is 1.35 bits per heavy atom. The Morgan fingerprint density at radius 3 is 2.77 bits per heavy atom. The molecule has 0 saturated carbocycles. The fourth-order valence-electron chi connectivity index (χ4n) is 2.28. The summed E-state index contributed by atoms with van der Waals surface area (Å²) in [6.07, 6.45) is 2.44. The highest BCUT2D eigenvalue weighted by Crippen LogP contribution is 2.31. The maximum atomic E-state index is 12.6. The highest BCUT2D eigenvalue weighted by atomic mass is 32.2. The van der Waals surface area contributed by atoms with Gasteiger partial charge in [-0.25, -0.2) is 4.79 Å². The van der Waals surface area contributed by atoms with Gasteiger partial charge < -0.3 is 20.6 Å². The van der Waals surface area contributed by atoms with Crippen LogP contribution >= 0.6 is 11.8 Å². The number of aliphatic hydroxyl groups is 1. The number of hydrogen-bond acceptors (Lipinski definition) is 5. The number of benzene rings is 1. The lowest BCUT2D eigenvalue weighted by Crippen LogP contribution is -2.29. The lowest BCUT2D eigenvalue weighted by Gasteiger charge is -2.15. The van der Waals surface area contributed by atoms with E-state index in [1.807, 2.05) is 19.0 Å². The topological polar surface area (TPSA) is 82.4 Å². The molecule has 1 heterocycles. The average Bonchev–Trinajstić information content (AvgIpc) is 2.94. The van der Waals surface area contributed by atoms with E-state index in [-0.39, 0.29) is 11.4 Å². The van der Waals surface area contributed by atoms with E-state index in [0.717, 1.165) is 0 Å². The number of carbonyl (C=O) groups is 1. The second-order valence-electron chi connectivity index (χ2n) is 5.82. The molecule has 1 aromatic carbocycles. The van der Waals surface area contributed by atoms with Gasteiger partial charge in [0.1, 0.15) is 0 Å². The lowest BCUT2D eigenvalue weighted by molar-refractivity contribution is 0.116. The highest BCUT2D eigenvalue weighted by Gasteiger charge is 2.13. The van der Waals surface area contributed by atoms with Gasteiger partial charge in [-0.3, -0.25) is 4.68 Å². The normalized spacial score (nSPS) is 12.4. The molecule has 0 spiro atoms. The molecule has 2 aromatic rings. The molecule has 3 N–H and O–H groups in total. The van der Waals surface area contributed by atoms with Gasteiger partial charge in [0.05, 0.1) is 30.2 Å². The van der Waals surface area contributed by atoms with Crippen LogP contribution in [0.25, 0.3) is 0 Å². The Hall–Kier alpha value is -2.17. The quantitative estimate of drug-likeness (QED) is 0.609. The predicted molar refractivity (Wildman–Crippen MR) is 97.7 cm³/mol. The molecule has 0 unspecified atom stereocenters. The van der Waals surface area contributed by atoms with Crippen molar-refractivity contribution in [1.82, 2.24) is 14.7 Å². The standard InChI is InChI=1S/C16H21F2N5O2S/c1-22(2)9-12(24)10-23-8-11(7-19-23)20-16(25)21-13-5-3-4-6-14(13)26-15(17)18/h3-8,12,15,24H,9-10H2,1-2H3,(H2,20,21,25)/t12-/m0/s1. The SMILES string of the molecule is CN(C)C[C@H](O)Cn1cc(NC(=O)Nc2ccccc2SC(F)F)cn1. The number of amides is 2. The summed E-state index contributed by atoms with van der Waals surface area (Å²) in [5.41, 5.74) is 0.725. The Kier molecular flexibility index (Phi) is 7.37. The van der Waals surface area contributed by atoms with E-state index in [9.17, 15) is 18.7 Å². The van der Waals surface area contributed by atoms with Gasteiger partial charge in [0.15, 0.2) is 0 Å². The van der Waals surface area contributed by atoms with Crippen molar-refractivity contribution in [3.63, 3.8) is 0 Å². The molecule has 0 aliphatic heterocycles. The zero-order valence-electron chi connectivity index (χ0n) is 14.4. The summed E-state index contributed by atoms with van der Waals surface area (Å²) in [6.45, 7) is 0.775. The van der Waals surface area contributed by atoms with Crippen LogP contribution in [0.1, 0.15) is 0 Å². The minimum atomic E-state index is -2.58. The molecule has 0 radical (unpaired) electrons. The van der Waals surface area contributed by atoms with Gasteiger partial charge in [-0.15, -0.1) is 0 Å². The third-order valence-corrected chi connectivity index (χ3v) is 4.00. The number of hydrogen-bond donors (Lipinski definition) is 3. The van der Waals surface area contributed by atoms with Crippen molar-refractivity contribution in [1.29, 1.82) is 0 Å². The van der Waals surface area contributed by atoms with E-state index < -0.39 is 17.9 Å². The van der Waals surface area contributed by atoms with Crippen LogP contribution in [0.5, 0.6) is 0 Å². The Bertz CT molecular complexity index is 726. The summed E-state index contributed by atoms with van der Waals surface area (Å²) in [5.74, 6) is -2.58. The summed E-state index contributed by atoms with van der Waals surface area (Å²) in [4.78, 5) is 14.2. The maximum Gasteiger partial charge on any atom is 0.323 e. The van der Waals surface area contributed by atoms with Gasteiger partial charge in [-0.2, -0.15) is 13.9 Å². The summed E-state index contributed by atoms with van der Waals surface area (Å²) in [6, 6.07) is 5.76. The number of likely N-dealkylation sites (N-methyl/N-ethyl adjacent to an activating group) is 1. The smallest absolute Gasteiger partial charge is 0.323 e. The third-order valence-electron chi connectivity index (χ3n) is 3.22. The van der Waals surface area contributed by atoms with Crippen LogP contribution in [0.15, 0.2) is 41.6 Å². The van der Waals surface area contributed by atoms with Gasteiger partial charge in [0, 0.05) is 17.6 Å². The highest BCUT2D eigenvalue weighted by molar-refractivity contribution is 7.99. The molecular formula is C16H21F2N5O2S. The Labute approximate surface area is 154 Å². The largest absolute Gasteiger partial charge is 0.390 e. The van der Waals surface area contributed by atoms with E-state index in [1.165, 1.54) is 16.9 Å². The summed E-state index contributed by atoms with van der Waals surface area (Å²) in [5, 5.41) is 19.1. The fourth-order valence-corrected chi connectivity index (χ4v) is 2.87. The number of aliphatic hydroxyl groups excluding tert-OH is 1. The number of carbonyl (C=O) groups excluding carboxylic acids is 1. The van der Waals surface area contributed by atoms with Crippen LogP contribution in [0.2, 0.25) is 0 Å². The molecule has 1 aromatic heterocycles. The van der Waals surface area contributed by atoms with Crippen molar-refractivity contribution >= 4 is 29.2 Å². The molecule has 7 nitrogen and oxygen atoms in total. The number of anilines is 2. The van der Waals surface area contributed by atoms with Crippen LogP contribution in [0.3, 0.4) is 0 Å². The van der Waals surface area contributed by atoms with Crippen LogP contribution in [0.4, 0.5) is 25.0 Å². The number of rotatable bonds is 8. The first-order valence-corrected chi connectivity index (χ1v) is 8.68. The molecule has 0 fully saturated rings. The average molecular weight is 385 g/mol. The molecule has 26 heavy (non-hydrogen) atoms. The van der Waals surface area contributed by atoms with Gasteiger partial charge >= 0.3 is 6.03 Å². The van der Waals surface area contributed by atoms with Crippen molar-refractivity contribution in [3.05, 3.63) is 36.7 Å². The molecular weight excluding hydrogens is 364 g/mol.